The highest BCUT2D eigenvalue weighted by molar-refractivity contribution is 7.59. The fourth-order valence-electron chi connectivity index (χ4n) is 6.34. The SMILES string of the molecule is [C-]#[N+]CCOP(O[C@@H]1C(OC)[C@H](n2cnc3c(NC(=O)c4ccccc4)ncnc32)O[C@@H]1C1CC1P(C)(=O)OCC)N(C(C)C)C(C)C. The Labute approximate surface area is 283 Å². The number of hydrogen-bond acceptors (Lipinski definition) is 11. The minimum Gasteiger partial charge on any atom is -0.374 e. The summed E-state index contributed by atoms with van der Waals surface area (Å²) in [7, 11) is -2.96. The summed E-state index contributed by atoms with van der Waals surface area (Å²) in [6.07, 6.45) is 1.07. The Morgan fingerprint density at radius 3 is 2.56 bits per heavy atom. The fraction of sp³-hybridized carbons (Fsp3) is 0.594. The number of carbonyl (C=O) groups excluding carboxylic acids is 1. The van der Waals surface area contributed by atoms with E-state index in [0.717, 1.165) is 0 Å². The number of amides is 1. The van der Waals surface area contributed by atoms with Crippen molar-refractivity contribution in [3.63, 3.8) is 0 Å². The quantitative estimate of drug-likeness (QED) is 0.107. The normalized spacial score (nSPS) is 25.8. The van der Waals surface area contributed by atoms with E-state index in [4.69, 9.17) is 29.6 Å². The first-order valence-corrected chi connectivity index (χ1v) is 19.4. The second-order valence-corrected chi connectivity index (χ2v) is 16.6. The van der Waals surface area contributed by atoms with Crippen LogP contribution in [0.25, 0.3) is 16.0 Å². The molecule has 1 saturated heterocycles. The molecule has 1 amide bonds. The Hall–Kier alpha value is -2.85. The molecule has 3 heterocycles. The van der Waals surface area contributed by atoms with Gasteiger partial charge in [0.15, 0.2) is 23.2 Å². The number of fused-ring (bicyclic) bond motifs is 1. The predicted molar refractivity (Wildman–Crippen MR) is 183 cm³/mol. The van der Waals surface area contributed by atoms with Gasteiger partial charge in [-0.3, -0.25) is 13.9 Å². The number of rotatable bonds is 16. The molecule has 5 unspecified atom stereocenters. The van der Waals surface area contributed by atoms with Gasteiger partial charge in [-0.15, -0.1) is 0 Å². The van der Waals surface area contributed by atoms with Gasteiger partial charge < -0.3 is 33.2 Å². The Morgan fingerprint density at radius 1 is 1.19 bits per heavy atom. The summed E-state index contributed by atoms with van der Waals surface area (Å²) < 4.78 is 49.3. The van der Waals surface area contributed by atoms with Gasteiger partial charge in [-0.2, -0.15) is 0 Å². The molecule has 1 aliphatic heterocycles. The molecule has 0 spiro atoms. The van der Waals surface area contributed by atoms with E-state index in [0.29, 0.717) is 29.8 Å². The molecule has 1 N–H and O–H groups in total. The highest BCUT2D eigenvalue weighted by atomic mass is 31.2. The number of aromatic nitrogens is 4. The molecular weight excluding hydrogens is 656 g/mol. The zero-order valence-electron chi connectivity index (χ0n) is 28.4. The minimum atomic E-state index is -2.91. The van der Waals surface area contributed by atoms with E-state index in [1.54, 1.807) is 48.9 Å². The molecule has 1 aromatic carbocycles. The van der Waals surface area contributed by atoms with E-state index in [2.05, 4.69) is 57.5 Å². The van der Waals surface area contributed by atoms with Gasteiger partial charge in [0.05, 0.1) is 19.0 Å². The summed E-state index contributed by atoms with van der Waals surface area (Å²) in [4.78, 5) is 29.8. The van der Waals surface area contributed by atoms with E-state index in [9.17, 15) is 9.36 Å². The molecule has 2 aromatic heterocycles. The van der Waals surface area contributed by atoms with Gasteiger partial charge in [0, 0.05) is 43.0 Å². The molecule has 260 valence electrons. The van der Waals surface area contributed by atoms with Gasteiger partial charge in [-0.05, 0) is 53.2 Å². The Kier molecular flexibility index (Phi) is 12.0. The van der Waals surface area contributed by atoms with Crippen LogP contribution >= 0.6 is 15.9 Å². The summed E-state index contributed by atoms with van der Waals surface area (Å²) >= 11 is 0. The van der Waals surface area contributed by atoms with E-state index in [1.807, 2.05) is 13.0 Å². The maximum Gasteiger partial charge on any atom is 0.259 e. The highest BCUT2D eigenvalue weighted by Gasteiger charge is 2.61. The van der Waals surface area contributed by atoms with Crippen molar-refractivity contribution in [1.29, 1.82) is 0 Å². The summed E-state index contributed by atoms with van der Waals surface area (Å²) in [5.74, 6) is -0.178. The fourth-order valence-corrected chi connectivity index (χ4v) is 10.3. The molecule has 16 heteroatoms. The summed E-state index contributed by atoms with van der Waals surface area (Å²) in [6, 6.07) is 9.02. The minimum absolute atomic E-state index is 0.0860. The lowest BCUT2D eigenvalue weighted by Gasteiger charge is -2.38. The maximum atomic E-state index is 13.5. The molecule has 1 aliphatic carbocycles. The highest BCUT2D eigenvalue weighted by Crippen LogP contribution is 2.65. The third-order valence-electron chi connectivity index (χ3n) is 8.48. The van der Waals surface area contributed by atoms with Crippen LogP contribution < -0.4 is 5.32 Å². The average Bonchev–Trinajstić information content (AvgIpc) is 3.62. The van der Waals surface area contributed by atoms with Crippen LogP contribution in [0.15, 0.2) is 43.0 Å². The maximum absolute atomic E-state index is 13.5. The molecule has 1 saturated carbocycles. The number of imidazole rings is 1. The van der Waals surface area contributed by atoms with Gasteiger partial charge in [0.2, 0.25) is 13.9 Å². The van der Waals surface area contributed by atoms with Gasteiger partial charge in [0.25, 0.3) is 14.4 Å². The van der Waals surface area contributed by atoms with Crippen LogP contribution in [0.3, 0.4) is 0 Å². The monoisotopic (exact) mass is 701 g/mol. The van der Waals surface area contributed by atoms with Crippen LogP contribution in [-0.2, 0) is 27.6 Å². The Balaban J connectivity index is 1.50. The summed E-state index contributed by atoms with van der Waals surface area (Å²) in [6.45, 7) is 19.9. The molecule has 0 radical (unpaired) electrons. The van der Waals surface area contributed by atoms with Crippen molar-refractivity contribution in [2.45, 2.75) is 83.3 Å². The van der Waals surface area contributed by atoms with Crippen molar-refractivity contribution in [3.05, 3.63) is 60.0 Å². The van der Waals surface area contributed by atoms with Crippen LogP contribution in [0.4, 0.5) is 5.82 Å². The van der Waals surface area contributed by atoms with Crippen LogP contribution in [0.2, 0.25) is 0 Å². The second-order valence-electron chi connectivity index (χ2n) is 12.4. The summed E-state index contributed by atoms with van der Waals surface area (Å²) in [5.41, 5.74) is 1.11. The van der Waals surface area contributed by atoms with Crippen molar-refractivity contribution < 1.29 is 32.4 Å². The van der Waals surface area contributed by atoms with Crippen LogP contribution in [0.1, 0.15) is 57.6 Å². The van der Waals surface area contributed by atoms with Crippen molar-refractivity contribution in [2.75, 3.05) is 38.8 Å². The van der Waals surface area contributed by atoms with Crippen molar-refractivity contribution in [1.82, 2.24) is 24.2 Å². The molecule has 8 atom stereocenters. The standard InChI is InChI=1S/C32H45N7O7P2/c1-9-44-48(8,41)24-17-23(24)26-27(46-47(43-16-15-33-6)39(20(2)3)21(4)5)28(42-7)32(45-26)38-19-36-25-29(34-18-35-30(25)38)37-31(40)22-13-11-10-12-14-22/h10-14,18-21,23-24,26-28,32H,9,15-17H2,1-5,7-8H3,(H,34,35,37,40)/t23?,24?,26-,27+,28?,32-,47?,48?/m1/s1. The lowest BCUT2D eigenvalue weighted by molar-refractivity contribution is -0.0525. The molecule has 5 rings (SSSR count). The molecule has 0 bridgehead atoms. The average molecular weight is 702 g/mol. The van der Waals surface area contributed by atoms with E-state index in [-0.39, 0.29) is 48.5 Å². The van der Waals surface area contributed by atoms with E-state index < -0.39 is 40.4 Å². The number of benzene rings is 1. The molecule has 14 nitrogen and oxygen atoms in total. The van der Waals surface area contributed by atoms with Crippen molar-refractivity contribution in [2.24, 2.45) is 5.92 Å². The summed E-state index contributed by atoms with van der Waals surface area (Å²) in [5, 5.41) is 2.85. The number of carbonyl (C=O) groups is 1. The molecular formula is C32H45N7O7P2. The number of anilines is 1. The first-order valence-electron chi connectivity index (χ1n) is 16.2. The van der Waals surface area contributed by atoms with Crippen LogP contribution in [0, 0.1) is 12.5 Å². The lowest BCUT2D eigenvalue weighted by atomic mass is 10.1. The third kappa shape index (κ3) is 7.80. The smallest absolute Gasteiger partial charge is 0.259 e. The zero-order chi connectivity index (χ0) is 34.6. The van der Waals surface area contributed by atoms with Gasteiger partial charge in [-0.25, -0.2) is 26.2 Å². The van der Waals surface area contributed by atoms with Gasteiger partial charge >= 0.3 is 0 Å². The Morgan fingerprint density at radius 2 is 1.92 bits per heavy atom. The van der Waals surface area contributed by atoms with Crippen LogP contribution in [0.5, 0.6) is 0 Å². The number of methoxy groups -OCH3 is 1. The molecule has 48 heavy (non-hydrogen) atoms. The lowest BCUT2D eigenvalue weighted by Crippen LogP contribution is -2.40. The number of nitrogens with zero attached hydrogens (tertiary/aromatic N) is 6. The number of ether oxygens (including phenoxy) is 2. The molecule has 2 fully saturated rings. The zero-order valence-corrected chi connectivity index (χ0v) is 30.2. The first-order chi connectivity index (χ1) is 23.0. The van der Waals surface area contributed by atoms with Gasteiger partial charge in [-0.1, -0.05) is 18.2 Å². The van der Waals surface area contributed by atoms with Crippen molar-refractivity contribution >= 4 is 38.8 Å². The molecule has 3 aromatic rings. The number of nitrogens with one attached hydrogen (secondary N) is 1. The largest absolute Gasteiger partial charge is 0.374 e. The number of hydrogen-bond donors (Lipinski definition) is 1. The third-order valence-corrected chi connectivity index (χ3v) is 13.2. The second kappa shape index (κ2) is 15.8. The van der Waals surface area contributed by atoms with E-state index in [1.165, 1.54) is 6.33 Å². The predicted octanol–water partition coefficient (Wildman–Crippen LogP) is 5.99. The van der Waals surface area contributed by atoms with Gasteiger partial charge in [0.1, 0.15) is 25.1 Å². The van der Waals surface area contributed by atoms with E-state index >= 15 is 0 Å². The topological polar surface area (TPSA) is 144 Å². The Bertz CT molecular complexity index is 1630. The first kappa shape index (κ1) is 36.4. The van der Waals surface area contributed by atoms with Crippen molar-refractivity contribution in [3.8, 4) is 0 Å². The van der Waals surface area contributed by atoms with Crippen LogP contribution in [-0.4, -0.2) is 99.7 Å². The molecule has 2 aliphatic rings.